The van der Waals surface area contributed by atoms with Crippen molar-refractivity contribution in [3.63, 3.8) is 0 Å². The van der Waals surface area contributed by atoms with Crippen LogP contribution in [-0.2, 0) is 6.18 Å². The quantitative estimate of drug-likeness (QED) is 0.783. The summed E-state index contributed by atoms with van der Waals surface area (Å²) in [5.74, 6) is 2.41. The summed E-state index contributed by atoms with van der Waals surface area (Å²) in [5, 5.41) is 2.99. The molecule has 0 radical (unpaired) electrons. The molecule has 1 nitrogen and oxygen atoms in total. The highest BCUT2D eigenvalue weighted by Gasteiger charge is 2.30. The molecule has 1 unspecified atom stereocenters. The van der Waals surface area contributed by atoms with Crippen LogP contribution in [0, 0.1) is 12.3 Å². The number of benzene rings is 1. The number of terminal acetylenes is 1. The highest BCUT2D eigenvalue weighted by molar-refractivity contribution is 5.26. The average Bonchev–Trinajstić information content (AvgIpc) is 2.25. The van der Waals surface area contributed by atoms with Crippen molar-refractivity contribution in [3.05, 3.63) is 35.4 Å². The molecule has 0 aliphatic rings. The Hall–Kier alpha value is -1.47. The number of hydrogen-bond acceptors (Lipinski definition) is 1. The molecule has 0 fully saturated rings. The Morgan fingerprint density at radius 1 is 1.31 bits per heavy atom. The number of nitrogens with one attached hydrogen (secondary N) is 1. The highest BCUT2D eigenvalue weighted by atomic mass is 19.4. The molecular weight excluding hydrogens is 215 g/mol. The van der Waals surface area contributed by atoms with Gasteiger partial charge in [0.2, 0.25) is 0 Å². The van der Waals surface area contributed by atoms with Crippen LogP contribution in [0.25, 0.3) is 0 Å². The maximum atomic E-state index is 12.3. The largest absolute Gasteiger partial charge is 0.416 e. The van der Waals surface area contributed by atoms with Gasteiger partial charge in [0, 0.05) is 6.04 Å². The van der Waals surface area contributed by atoms with E-state index in [-0.39, 0.29) is 6.04 Å². The van der Waals surface area contributed by atoms with Crippen molar-refractivity contribution in [2.45, 2.75) is 19.1 Å². The lowest BCUT2D eigenvalue weighted by atomic mass is 10.1. The molecule has 1 aromatic rings. The maximum Gasteiger partial charge on any atom is 0.416 e. The molecule has 1 atom stereocenters. The first-order valence-electron chi connectivity index (χ1n) is 4.79. The molecule has 0 bridgehead atoms. The van der Waals surface area contributed by atoms with Gasteiger partial charge in [0.25, 0.3) is 0 Å². The zero-order valence-corrected chi connectivity index (χ0v) is 8.81. The molecule has 0 aliphatic heterocycles. The zero-order chi connectivity index (χ0) is 12.2. The van der Waals surface area contributed by atoms with Crippen molar-refractivity contribution in [2.24, 2.45) is 0 Å². The predicted octanol–water partition coefficient (Wildman–Crippen LogP) is 2.99. The summed E-state index contributed by atoms with van der Waals surface area (Å²) >= 11 is 0. The molecule has 0 aromatic heterocycles. The molecule has 1 rings (SSSR count). The van der Waals surface area contributed by atoms with E-state index in [0.29, 0.717) is 6.54 Å². The van der Waals surface area contributed by atoms with Crippen LogP contribution in [0.2, 0.25) is 0 Å². The third-order valence-electron chi connectivity index (χ3n) is 2.25. The molecule has 0 spiro atoms. The van der Waals surface area contributed by atoms with E-state index >= 15 is 0 Å². The fraction of sp³-hybridized carbons (Fsp3) is 0.333. The zero-order valence-electron chi connectivity index (χ0n) is 8.81. The molecule has 16 heavy (non-hydrogen) atoms. The van der Waals surface area contributed by atoms with Crippen molar-refractivity contribution < 1.29 is 13.2 Å². The molecule has 4 heteroatoms. The maximum absolute atomic E-state index is 12.3. The van der Waals surface area contributed by atoms with E-state index in [1.54, 1.807) is 0 Å². The van der Waals surface area contributed by atoms with Crippen molar-refractivity contribution in [2.75, 3.05) is 6.54 Å². The Labute approximate surface area is 92.7 Å². The molecule has 0 aliphatic carbocycles. The van der Waals surface area contributed by atoms with Gasteiger partial charge in [-0.15, -0.1) is 6.42 Å². The van der Waals surface area contributed by atoms with Crippen molar-refractivity contribution >= 4 is 0 Å². The Kier molecular flexibility index (Phi) is 3.97. The molecule has 1 aromatic carbocycles. The van der Waals surface area contributed by atoms with Crippen molar-refractivity contribution in [1.29, 1.82) is 0 Å². The van der Waals surface area contributed by atoms with Crippen LogP contribution in [0.15, 0.2) is 24.3 Å². The number of rotatable bonds is 3. The molecule has 1 N–H and O–H groups in total. The van der Waals surface area contributed by atoms with E-state index in [0.717, 1.165) is 17.7 Å². The van der Waals surface area contributed by atoms with Crippen LogP contribution < -0.4 is 5.32 Å². The number of hydrogen-bond donors (Lipinski definition) is 1. The topological polar surface area (TPSA) is 12.0 Å². The second-order valence-corrected chi connectivity index (χ2v) is 3.43. The average molecular weight is 227 g/mol. The molecule has 0 heterocycles. The summed E-state index contributed by atoms with van der Waals surface area (Å²) in [6, 6.07) is 5.00. The summed E-state index contributed by atoms with van der Waals surface area (Å²) in [4.78, 5) is 0. The second-order valence-electron chi connectivity index (χ2n) is 3.43. The standard InChI is InChI=1S/C12H12F3N/c1-3-8-16-9(2)10-4-6-11(7-5-10)12(13,14)15/h1,4-7,9,16H,8H2,2H3. The molecule has 0 saturated carbocycles. The van der Waals surface area contributed by atoms with Gasteiger partial charge in [-0.3, -0.25) is 5.32 Å². The second kappa shape index (κ2) is 5.04. The van der Waals surface area contributed by atoms with E-state index in [4.69, 9.17) is 6.42 Å². The minimum absolute atomic E-state index is 0.0571. The van der Waals surface area contributed by atoms with Crippen LogP contribution in [0.1, 0.15) is 24.1 Å². The summed E-state index contributed by atoms with van der Waals surface area (Å²) in [6.45, 7) is 2.24. The third kappa shape index (κ3) is 3.28. The van der Waals surface area contributed by atoms with Gasteiger partial charge in [-0.2, -0.15) is 13.2 Å². The SMILES string of the molecule is C#CCNC(C)c1ccc(C(F)(F)F)cc1. The smallest absolute Gasteiger partial charge is 0.300 e. The lowest BCUT2D eigenvalue weighted by Gasteiger charge is -2.13. The minimum Gasteiger partial charge on any atom is -0.300 e. The van der Waals surface area contributed by atoms with Crippen LogP contribution >= 0.6 is 0 Å². The van der Waals surface area contributed by atoms with Gasteiger partial charge in [0.05, 0.1) is 12.1 Å². The third-order valence-corrected chi connectivity index (χ3v) is 2.25. The Bertz CT molecular complexity index is 373. The van der Waals surface area contributed by atoms with Crippen molar-refractivity contribution in [3.8, 4) is 12.3 Å². The van der Waals surface area contributed by atoms with Crippen LogP contribution in [0.5, 0.6) is 0 Å². The summed E-state index contributed by atoms with van der Waals surface area (Å²) in [5.41, 5.74) is 0.142. The fourth-order valence-electron chi connectivity index (χ4n) is 1.29. The van der Waals surface area contributed by atoms with E-state index in [2.05, 4.69) is 11.2 Å². The van der Waals surface area contributed by atoms with Gasteiger partial charge in [-0.05, 0) is 24.6 Å². The van der Waals surface area contributed by atoms with Crippen molar-refractivity contribution in [1.82, 2.24) is 5.32 Å². The minimum atomic E-state index is -4.28. The summed E-state index contributed by atoms with van der Waals surface area (Å²) in [6.07, 6.45) is 0.791. The number of halogens is 3. The van der Waals surface area contributed by atoms with E-state index < -0.39 is 11.7 Å². The van der Waals surface area contributed by atoms with Gasteiger partial charge < -0.3 is 0 Å². The molecular formula is C12H12F3N. The number of alkyl halides is 3. The van der Waals surface area contributed by atoms with E-state index in [1.807, 2.05) is 6.92 Å². The molecule has 0 amide bonds. The molecule has 0 saturated heterocycles. The van der Waals surface area contributed by atoms with E-state index in [1.165, 1.54) is 12.1 Å². The van der Waals surface area contributed by atoms with E-state index in [9.17, 15) is 13.2 Å². The summed E-state index contributed by atoms with van der Waals surface area (Å²) < 4.78 is 36.8. The lowest BCUT2D eigenvalue weighted by molar-refractivity contribution is -0.137. The first kappa shape index (κ1) is 12.6. The van der Waals surface area contributed by atoms with Gasteiger partial charge >= 0.3 is 6.18 Å². The van der Waals surface area contributed by atoms with Gasteiger partial charge in [-0.25, -0.2) is 0 Å². The van der Waals surface area contributed by atoms with Gasteiger partial charge in [-0.1, -0.05) is 18.1 Å². The predicted molar refractivity (Wildman–Crippen MR) is 56.7 cm³/mol. The first-order valence-corrected chi connectivity index (χ1v) is 4.79. The Morgan fingerprint density at radius 3 is 2.31 bits per heavy atom. The first-order chi connectivity index (χ1) is 7.45. The van der Waals surface area contributed by atoms with Crippen LogP contribution in [0.3, 0.4) is 0 Å². The Balaban J connectivity index is 2.76. The Morgan fingerprint density at radius 2 is 1.88 bits per heavy atom. The lowest BCUT2D eigenvalue weighted by Crippen LogP contribution is -2.18. The van der Waals surface area contributed by atoms with Gasteiger partial charge in [0.1, 0.15) is 0 Å². The normalized spacial score (nSPS) is 13.2. The summed E-state index contributed by atoms with van der Waals surface area (Å²) in [7, 11) is 0. The molecule has 86 valence electrons. The van der Waals surface area contributed by atoms with Crippen LogP contribution in [-0.4, -0.2) is 6.54 Å². The highest BCUT2D eigenvalue weighted by Crippen LogP contribution is 2.29. The monoisotopic (exact) mass is 227 g/mol. The fourth-order valence-corrected chi connectivity index (χ4v) is 1.29. The van der Waals surface area contributed by atoms with Crippen LogP contribution in [0.4, 0.5) is 13.2 Å². The van der Waals surface area contributed by atoms with Gasteiger partial charge in [0.15, 0.2) is 0 Å².